The Morgan fingerprint density at radius 2 is 1.91 bits per heavy atom. The van der Waals surface area contributed by atoms with Crippen LogP contribution in [0.4, 0.5) is 5.69 Å². The van der Waals surface area contributed by atoms with Crippen LogP contribution < -0.4 is 10.9 Å². The fourth-order valence-corrected chi connectivity index (χ4v) is 2.69. The summed E-state index contributed by atoms with van der Waals surface area (Å²) >= 11 is 0. The molecule has 0 unspecified atom stereocenters. The van der Waals surface area contributed by atoms with Crippen LogP contribution in [-0.4, -0.2) is 37.7 Å². The Labute approximate surface area is 127 Å². The lowest BCUT2D eigenvalue weighted by atomic mass is 10.2. The Kier molecular flexibility index (Phi) is 4.43. The van der Waals surface area contributed by atoms with Crippen LogP contribution in [-0.2, 0) is 10.0 Å². The van der Waals surface area contributed by atoms with Crippen molar-refractivity contribution in [2.45, 2.75) is 4.90 Å². The van der Waals surface area contributed by atoms with E-state index in [1.165, 1.54) is 50.6 Å². The smallest absolute Gasteiger partial charge is 0.261 e. The molecule has 7 nitrogen and oxygen atoms in total. The van der Waals surface area contributed by atoms with Crippen LogP contribution in [0.25, 0.3) is 0 Å². The van der Waals surface area contributed by atoms with Gasteiger partial charge in [0.25, 0.3) is 11.5 Å². The summed E-state index contributed by atoms with van der Waals surface area (Å²) in [5.41, 5.74) is -0.281. The van der Waals surface area contributed by atoms with Crippen molar-refractivity contribution >= 4 is 21.6 Å². The van der Waals surface area contributed by atoms with Crippen molar-refractivity contribution in [1.82, 2.24) is 9.29 Å². The first-order valence-electron chi connectivity index (χ1n) is 6.34. The van der Waals surface area contributed by atoms with E-state index in [1.807, 2.05) is 0 Å². The molecule has 0 aliphatic rings. The number of hydrogen-bond acceptors (Lipinski definition) is 4. The number of nitrogens with zero attached hydrogens (tertiary/aromatic N) is 1. The highest BCUT2D eigenvalue weighted by atomic mass is 32.2. The molecule has 0 radical (unpaired) electrons. The molecule has 1 aromatic heterocycles. The minimum atomic E-state index is -3.59. The third-order valence-corrected chi connectivity index (χ3v) is 4.74. The highest BCUT2D eigenvalue weighted by Crippen LogP contribution is 2.18. The van der Waals surface area contributed by atoms with Crippen molar-refractivity contribution in [3.63, 3.8) is 0 Å². The Morgan fingerprint density at radius 1 is 1.18 bits per heavy atom. The fraction of sp³-hybridized carbons (Fsp3) is 0.143. The number of aromatic amines is 1. The van der Waals surface area contributed by atoms with Gasteiger partial charge in [0.15, 0.2) is 0 Å². The standard InChI is InChI=1S/C14H15N3O4S/c1-17(2)22(20,21)11-6-3-5-10(9-11)16-14(19)12-7-4-8-15-13(12)18/h3-9H,1-2H3,(H,15,18)(H,16,19). The second kappa shape index (κ2) is 6.12. The van der Waals surface area contributed by atoms with Crippen molar-refractivity contribution in [2.75, 3.05) is 19.4 Å². The largest absolute Gasteiger partial charge is 0.328 e. The van der Waals surface area contributed by atoms with Crippen molar-refractivity contribution in [3.8, 4) is 0 Å². The molecule has 2 N–H and O–H groups in total. The molecule has 0 fully saturated rings. The number of carbonyl (C=O) groups is 1. The van der Waals surface area contributed by atoms with Crippen LogP contribution in [0.3, 0.4) is 0 Å². The number of sulfonamides is 1. The average Bonchev–Trinajstić information content (AvgIpc) is 2.47. The van der Waals surface area contributed by atoms with Gasteiger partial charge in [-0.1, -0.05) is 6.07 Å². The van der Waals surface area contributed by atoms with Crippen LogP contribution in [0.5, 0.6) is 0 Å². The molecule has 0 bridgehead atoms. The van der Waals surface area contributed by atoms with E-state index in [2.05, 4.69) is 10.3 Å². The molecule has 116 valence electrons. The lowest BCUT2D eigenvalue weighted by Crippen LogP contribution is -2.24. The van der Waals surface area contributed by atoms with Crippen molar-refractivity contribution in [3.05, 3.63) is 58.5 Å². The second-order valence-electron chi connectivity index (χ2n) is 4.68. The molecule has 0 aliphatic heterocycles. The van der Waals surface area contributed by atoms with Gasteiger partial charge in [-0.2, -0.15) is 0 Å². The van der Waals surface area contributed by atoms with Crippen LogP contribution >= 0.6 is 0 Å². The van der Waals surface area contributed by atoms with Crippen molar-refractivity contribution in [1.29, 1.82) is 0 Å². The van der Waals surface area contributed by atoms with E-state index in [0.29, 0.717) is 0 Å². The molecule has 0 aliphatic carbocycles. The first-order valence-corrected chi connectivity index (χ1v) is 7.78. The number of pyridine rings is 1. The maximum absolute atomic E-state index is 12.1. The van der Waals surface area contributed by atoms with E-state index in [4.69, 9.17) is 0 Å². The van der Waals surface area contributed by atoms with Gasteiger partial charge < -0.3 is 10.3 Å². The number of rotatable bonds is 4. The molecule has 0 saturated carbocycles. The zero-order valence-electron chi connectivity index (χ0n) is 12.0. The SMILES string of the molecule is CN(C)S(=O)(=O)c1cccc(NC(=O)c2ccc[nH]c2=O)c1. The highest BCUT2D eigenvalue weighted by molar-refractivity contribution is 7.89. The molecular formula is C14H15N3O4S. The van der Waals surface area contributed by atoms with Crippen molar-refractivity contribution < 1.29 is 13.2 Å². The molecule has 1 amide bonds. The number of nitrogens with one attached hydrogen (secondary N) is 2. The van der Waals surface area contributed by atoms with Gasteiger partial charge >= 0.3 is 0 Å². The number of benzene rings is 1. The van der Waals surface area contributed by atoms with Gasteiger partial charge in [-0.25, -0.2) is 12.7 Å². The summed E-state index contributed by atoms with van der Waals surface area (Å²) in [6.45, 7) is 0. The van der Waals surface area contributed by atoms with E-state index in [9.17, 15) is 18.0 Å². The number of amides is 1. The van der Waals surface area contributed by atoms with E-state index in [-0.39, 0.29) is 16.1 Å². The Morgan fingerprint density at radius 3 is 2.55 bits per heavy atom. The third kappa shape index (κ3) is 3.23. The van der Waals surface area contributed by atoms with Crippen LogP contribution in [0, 0.1) is 0 Å². The zero-order valence-corrected chi connectivity index (χ0v) is 12.8. The Bertz CT molecular complexity index is 856. The lowest BCUT2D eigenvalue weighted by molar-refractivity contribution is 0.102. The number of aromatic nitrogens is 1. The molecule has 2 aromatic rings. The van der Waals surface area contributed by atoms with E-state index < -0.39 is 21.5 Å². The van der Waals surface area contributed by atoms with E-state index in [1.54, 1.807) is 6.07 Å². The molecule has 0 spiro atoms. The van der Waals surface area contributed by atoms with Crippen LogP contribution in [0.15, 0.2) is 52.3 Å². The summed E-state index contributed by atoms with van der Waals surface area (Å²) in [5, 5.41) is 2.51. The van der Waals surface area contributed by atoms with Gasteiger partial charge in [0.05, 0.1) is 4.90 Å². The molecule has 1 heterocycles. The average molecular weight is 321 g/mol. The van der Waals surface area contributed by atoms with Gasteiger partial charge in [0.2, 0.25) is 10.0 Å². The molecule has 2 rings (SSSR count). The third-order valence-electron chi connectivity index (χ3n) is 2.93. The summed E-state index contributed by atoms with van der Waals surface area (Å²) in [7, 11) is -0.752. The van der Waals surface area contributed by atoms with Gasteiger partial charge in [0.1, 0.15) is 5.56 Å². The zero-order chi connectivity index (χ0) is 16.3. The van der Waals surface area contributed by atoms with Gasteiger partial charge in [-0.15, -0.1) is 0 Å². The highest BCUT2D eigenvalue weighted by Gasteiger charge is 2.18. The van der Waals surface area contributed by atoms with Crippen molar-refractivity contribution in [2.24, 2.45) is 0 Å². The maximum Gasteiger partial charge on any atom is 0.261 e. The first kappa shape index (κ1) is 15.9. The molecule has 0 saturated heterocycles. The number of hydrogen-bond donors (Lipinski definition) is 2. The van der Waals surface area contributed by atoms with Gasteiger partial charge in [-0.3, -0.25) is 9.59 Å². The molecule has 1 aromatic carbocycles. The molecule has 22 heavy (non-hydrogen) atoms. The van der Waals surface area contributed by atoms with Crippen LogP contribution in [0.1, 0.15) is 10.4 Å². The number of H-pyrrole nitrogens is 1. The normalized spacial score (nSPS) is 11.4. The van der Waals surface area contributed by atoms with E-state index >= 15 is 0 Å². The molecule has 8 heteroatoms. The topological polar surface area (TPSA) is 99.3 Å². The minimum Gasteiger partial charge on any atom is -0.328 e. The monoisotopic (exact) mass is 321 g/mol. The first-order chi connectivity index (χ1) is 10.3. The van der Waals surface area contributed by atoms with E-state index in [0.717, 1.165) is 4.31 Å². The Hall–Kier alpha value is -2.45. The summed E-state index contributed by atoms with van der Waals surface area (Å²) in [6, 6.07) is 8.74. The summed E-state index contributed by atoms with van der Waals surface area (Å²) in [6.07, 6.45) is 1.42. The fourth-order valence-electron chi connectivity index (χ4n) is 1.74. The predicted molar refractivity (Wildman–Crippen MR) is 82.3 cm³/mol. The number of carbonyl (C=O) groups excluding carboxylic acids is 1. The Balaban J connectivity index is 2.31. The van der Waals surface area contributed by atoms with Crippen LogP contribution in [0.2, 0.25) is 0 Å². The maximum atomic E-state index is 12.1. The minimum absolute atomic E-state index is 0.0524. The second-order valence-corrected chi connectivity index (χ2v) is 6.83. The lowest BCUT2D eigenvalue weighted by Gasteiger charge is -2.12. The quantitative estimate of drug-likeness (QED) is 0.873. The predicted octanol–water partition coefficient (Wildman–Crippen LogP) is 0.877. The number of anilines is 1. The summed E-state index contributed by atoms with van der Waals surface area (Å²) in [4.78, 5) is 26.0. The molecule has 0 atom stereocenters. The van der Waals surface area contributed by atoms with Gasteiger partial charge in [-0.05, 0) is 30.3 Å². The summed E-state index contributed by atoms with van der Waals surface area (Å²) < 4.78 is 25.2. The molecular weight excluding hydrogens is 306 g/mol. The van der Waals surface area contributed by atoms with Gasteiger partial charge in [0, 0.05) is 26.0 Å². The summed E-state index contributed by atoms with van der Waals surface area (Å²) in [5.74, 6) is -0.610.